The number of hydrogen-bond acceptors (Lipinski definition) is 4. The fourth-order valence-electron chi connectivity index (χ4n) is 3.49. The SMILES string of the molecule is CC(C)c1ccc(S(=O)(=O)N2CCC(C(=O)NNC(=O)c3cc(Cl)ccc3Cl)CC2)cc1. The van der Waals surface area contributed by atoms with Crippen LogP contribution in [0, 0.1) is 5.92 Å². The molecule has 1 aliphatic heterocycles. The molecule has 2 N–H and O–H groups in total. The molecule has 0 atom stereocenters. The molecule has 1 aliphatic rings. The third kappa shape index (κ3) is 5.61. The van der Waals surface area contributed by atoms with Gasteiger partial charge in [-0.15, -0.1) is 0 Å². The van der Waals surface area contributed by atoms with Gasteiger partial charge in [-0.2, -0.15) is 4.31 Å². The van der Waals surface area contributed by atoms with E-state index in [9.17, 15) is 18.0 Å². The lowest BCUT2D eigenvalue weighted by atomic mass is 9.98. The van der Waals surface area contributed by atoms with Gasteiger partial charge in [0.25, 0.3) is 5.91 Å². The van der Waals surface area contributed by atoms with Gasteiger partial charge in [0, 0.05) is 24.0 Å². The van der Waals surface area contributed by atoms with Crippen LogP contribution in [0.1, 0.15) is 48.5 Å². The molecule has 32 heavy (non-hydrogen) atoms. The molecule has 3 rings (SSSR count). The monoisotopic (exact) mass is 497 g/mol. The molecule has 0 aromatic heterocycles. The molecule has 0 aliphatic carbocycles. The maximum Gasteiger partial charge on any atom is 0.271 e. The number of nitrogens with zero attached hydrogens (tertiary/aromatic N) is 1. The molecule has 0 spiro atoms. The first-order chi connectivity index (χ1) is 15.1. The maximum absolute atomic E-state index is 12.9. The maximum atomic E-state index is 12.9. The fraction of sp³-hybridized carbons (Fsp3) is 0.364. The summed E-state index contributed by atoms with van der Waals surface area (Å²) in [4.78, 5) is 25.0. The second kappa shape index (κ2) is 10.2. The number of piperidine rings is 1. The van der Waals surface area contributed by atoms with E-state index >= 15 is 0 Å². The van der Waals surface area contributed by atoms with E-state index < -0.39 is 21.8 Å². The lowest BCUT2D eigenvalue weighted by Gasteiger charge is -2.30. The van der Waals surface area contributed by atoms with Gasteiger partial charge < -0.3 is 0 Å². The number of carbonyl (C=O) groups is 2. The number of rotatable bonds is 5. The van der Waals surface area contributed by atoms with Crippen LogP contribution >= 0.6 is 23.2 Å². The highest BCUT2D eigenvalue weighted by Crippen LogP contribution is 2.25. The standard InChI is InChI=1S/C22H25Cl2N3O4S/c1-14(2)15-3-6-18(7-4-15)32(30,31)27-11-9-16(10-12-27)21(28)25-26-22(29)19-13-17(23)5-8-20(19)24/h3-8,13-14,16H,9-12H2,1-2H3,(H,25,28)(H,26,29). The topological polar surface area (TPSA) is 95.6 Å². The molecule has 0 radical (unpaired) electrons. The van der Waals surface area contributed by atoms with Crippen molar-refractivity contribution in [2.24, 2.45) is 5.92 Å². The molecule has 1 heterocycles. The van der Waals surface area contributed by atoms with Crippen molar-refractivity contribution in [3.05, 3.63) is 63.6 Å². The van der Waals surface area contributed by atoms with Crippen LogP contribution in [0.3, 0.4) is 0 Å². The Morgan fingerprint density at radius 1 is 1.00 bits per heavy atom. The Balaban J connectivity index is 1.55. The summed E-state index contributed by atoms with van der Waals surface area (Å²) in [7, 11) is -3.62. The van der Waals surface area contributed by atoms with Crippen molar-refractivity contribution < 1.29 is 18.0 Å². The minimum atomic E-state index is -3.62. The van der Waals surface area contributed by atoms with Crippen LogP contribution < -0.4 is 10.9 Å². The van der Waals surface area contributed by atoms with Crippen molar-refractivity contribution in [3.8, 4) is 0 Å². The Labute approximate surface area is 198 Å². The summed E-state index contributed by atoms with van der Waals surface area (Å²) in [6.45, 7) is 4.54. The number of hydrogen-bond donors (Lipinski definition) is 2. The molecule has 0 unspecified atom stereocenters. The molecule has 1 saturated heterocycles. The second-order valence-corrected chi connectivity index (χ2v) is 10.8. The van der Waals surface area contributed by atoms with Crippen LogP contribution in [0.25, 0.3) is 0 Å². The molecule has 172 valence electrons. The number of hydrazine groups is 1. The zero-order valence-corrected chi connectivity index (χ0v) is 20.1. The van der Waals surface area contributed by atoms with Gasteiger partial charge in [-0.25, -0.2) is 8.42 Å². The molecule has 1 fully saturated rings. The largest absolute Gasteiger partial charge is 0.273 e. The van der Waals surface area contributed by atoms with Gasteiger partial charge in [0.15, 0.2) is 0 Å². The van der Waals surface area contributed by atoms with E-state index in [1.807, 2.05) is 26.0 Å². The molecular formula is C22H25Cl2N3O4S. The van der Waals surface area contributed by atoms with Gasteiger partial charge in [-0.05, 0) is 54.7 Å². The highest BCUT2D eigenvalue weighted by molar-refractivity contribution is 7.89. The average Bonchev–Trinajstić information content (AvgIpc) is 2.79. The van der Waals surface area contributed by atoms with Gasteiger partial charge in [-0.1, -0.05) is 49.2 Å². The Morgan fingerprint density at radius 2 is 1.62 bits per heavy atom. The lowest BCUT2D eigenvalue weighted by molar-refractivity contribution is -0.126. The van der Waals surface area contributed by atoms with Gasteiger partial charge >= 0.3 is 0 Å². The Morgan fingerprint density at radius 3 is 2.22 bits per heavy atom. The predicted octanol–water partition coefficient (Wildman–Crippen LogP) is 3.98. The second-order valence-electron chi connectivity index (χ2n) is 7.97. The smallest absolute Gasteiger partial charge is 0.271 e. The van der Waals surface area contributed by atoms with E-state index in [0.29, 0.717) is 23.8 Å². The third-order valence-electron chi connectivity index (χ3n) is 5.48. The van der Waals surface area contributed by atoms with Crippen LogP contribution in [0.4, 0.5) is 0 Å². The molecular weight excluding hydrogens is 473 g/mol. The van der Waals surface area contributed by atoms with Crippen LogP contribution in [-0.2, 0) is 14.8 Å². The number of benzene rings is 2. The van der Waals surface area contributed by atoms with Crippen molar-refractivity contribution in [1.82, 2.24) is 15.2 Å². The zero-order chi connectivity index (χ0) is 23.5. The van der Waals surface area contributed by atoms with Crippen molar-refractivity contribution in [2.75, 3.05) is 13.1 Å². The van der Waals surface area contributed by atoms with E-state index in [4.69, 9.17) is 23.2 Å². The number of halogens is 2. The Kier molecular flexibility index (Phi) is 7.82. The van der Waals surface area contributed by atoms with E-state index in [1.165, 1.54) is 16.4 Å². The van der Waals surface area contributed by atoms with E-state index in [1.54, 1.807) is 18.2 Å². The highest BCUT2D eigenvalue weighted by Gasteiger charge is 2.32. The molecule has 0 bridgehead atoms. The highest BCUT2D eigenvalue weighted by atomic mass is 35.5. The van der Waals surface area contributed by atoms with Crippen LogP contribution in [0.5, 0.6) is 0 Å². The van der Waals surface area contributed by atoms with Gasteiger partial charge in [0.05, 0.1) is 15.5 Å². The summed E-state index contributed by atoms with van der Waals surface area (Å²) in [5.74, 6) is -1.07. The van der Waals surface area contributed by atoms with Gasteiger partial charge in [0.1, 0.15) is 0 Å². The van der Waals surface area contributed by atoms with E-state index in [2.05, 4.69) is 10.9 Å². The number of sulfonamides is 1. The van der Waals surface area contributed by atoms with Gasteiger partial charge in [-0.3, -0.25) is 20.4 Å². The summed E-state index contributed by atoms with van der Waals surface area (Å²) in [5, 5.41) is 0.555. The Hall–Kier alpha value is -2.13. The molecule has 0 saturated carbocycles. The van der Waals surface area contributed by atoms with Crippen LogP contribution in [-0.4, -0.2) is 37.6 Å². The fourth-order valence-corrected chi connectivity index (χ4v) is 5.34. The normalized spacial score (nSPS) is 15.5. The minimum absolute atomic E-state index is 0.142. The summed E-state index contributed by atoms with van der Waals surface area (Å²) in [5.41, 5.74) is 5.94. The summed E-state index contributed by atoms with van der Waals surface area (Å²) in [6, 6.07) is 11.4. The Bertz CT molecular complexity index is 1100. The lowest BCUT2D eigenvalue weighted by Crippen LogP contribution is -2.48. The first kappa shape index (κ1) is 24.5. The first-order valence-corrected chi connectivity index (χ1v) is 12.4. The summed E-state index contributed by atoms with van der Waals surface area (Å²) < 4.78 is 27.2. The number of nitrogens with one attached hydrogen (secondary N) is 2. The molecule has 2 amide bonds. The molecule has 2 aromatic rings. The van der Waals surface area contributed by atoms with E-state index in [0.717, 1.165) is 5.56 Å². The predicted molar refractivity (Wildman–Crippen MR) is 124 cm³/mol. The van der Waals surface area contributed by atoms with Crippen molar-refractivity contribution in [2.45, 2.75) is 37.5 Å². The molecule has 7 nitrogen and oxygen atoms in total. The minimum Gasteiger partial charge on any atom is -0.273 e. The molecule has 2 aromatic carbocycles. The summed E-state index contributed by atoms with van der Waals surface area (Å²) >= 11 is 11.9. The quantitative estimate of drug-likeness (QED) is 0.610. The zero-order valence-electron chi connectivity index (χ0n) is 17.8. The van der Waals surface area contributed by atoms with Crippen LogP contribution in [0.2, 0.25) is 10.0 Å². The van der Waals surface area contributed by atoms with Gasteiger partial charge in [0.2, 0.25) is 15.9 Å². The average molecular weight is 498 g/mol. The third-order valence-corrected chi connectivity index (χ3v) is 7.96. The van der Waals surface area contributed by atoms with Crippen molar-refractivity contribution >= 4 is 45.0 Å². The van der Waals surface area contributed by atoms with Crippen LogP contribution in [0.15, 0.2) is 47.4 Å². The number of amides is 2. The van der Waals surface area contributed by atoms with E-state index in [-0.39, 0.29) is 34.5 Å². The van der Waals surface area contributed by atoms with Crippen molar-refractivity contribution in [1.29, 1.82) is 0 Å². The number of carbonyl (C=O) groups excluding carboxylic acids is 2. The van der Waals surface area contributed by atoms with Crippen molar-refractivity contribution in [3.63, 3.8) is 0 Å². The summed E-state index contributed by atoms with van der Waals surface area (Å²) in [6.07, 6.45) is 0.700. The first-order valence-electron chi connectivity index (χ1n) is 10.2. The molecule has 10 heteroatoms.